The summed E-state index contributed by atoms with van der Waals surface area (Å²) in [6, 6.07) is 10.7. The molecule has 26 heavy (non-hydrogen) atoms. The molecule has 3 rings (SSSR count). The van der Waals surface area contributed by atoms with Crippen molar-refractivity contribution in [1.29, 1.82) is 0 Å². The molecule has 0 radical (unpaired) electrons. The molecule has 1 aromatic rings. The zero-order valence-corrected chi connectivity index (χ0v) is 16.5. The van der Waals surface area contributed by atoms with Gasteiger partial charge in [0.1, 0.15) is 0 Å². The summed E-state index contributed by atoms with van der Waals surface area (Å²) in [6.07, 6.45) is 5.29. The van der Waals surface area contributed by atoms with Gasteiger partial charge in [0.2, 0.25) is 5.91 Å². The van der Waals surface area contributed by atoms with Crippen LogP contribution in [-0.4, -0.2) is 48.4 Å². The van der Waals surface area contributed by atoms with Crippen molar-refractivity contribution < 1.29 is 4.79 Å². The molecule has 144 valence electrons. The van der Waals surface area contributed by atoms with Gasteiger partial charge in [-0.1, -0.05) is 44.2 Å². The number of carbonyl (C=O) groups is 1. The van der Waals surface area contributed by atoms with E-state index in [1.807, 2.05) is 0 Å². The molecule has 0 bridgehead atoms. The number of hydrogen-bond acceptors (Lipinski definition) is 3. The van der Waals surface area contributed by atoms with Crippen molar-refractivity contribution in [1.82, 2.24) is 9.80 Å². The van der Waals surface area contributed by atoms with Gasteiger partial charge in [0.15, 0.2) is 0 Å². The molecule has 1 unspecified atom stereocenters. The fourth-order valence-corrected chi connectivity index (χ4v) is 4.99. The molecule has 2 saturated heterocycles. The van der Waals surface area contributed by atoms with Gasteiger partial charge in [-0.3, -0.25) is 9.69 Å². The Kier molecular flexibility index (Phi) is 6.03. The first kappa shape index (κ1) is 19.4. The third-order valence-corrected chi connectivity index (χ3v) is 6.91. The van der Waals surface area contributed by atoms with Crippen LogP contribution < -0.4 is 5.73 Å². The Labute approximate surface area is 158 Å². The van der Waals surface area contributed by atoms with Crippen molar-refractivity contribution in [2.75, 3.05) is 32.7 Å². The normalized spacial score (nSPS) is 24.3. The Balaban J connectivity index is 1.65. The van der Waals surface area contributed by atoms with Crippen molar-refractivity contribution in [3.63, 3.8) is 0 Å². The van der Waals surface area contributed by atoms with Gasteiger partial charge < -0.3 is 10.6 Å². The molecule has 0 aliphatic carbocycles. The summed E-state index contributed by atoms with van der Waals surface area (Å²) in [7, 11) is 0. The maximum Gasteiger partial charge on any atom is 0.230 e. The molecule has 2 aliphatic heterocycles. The van der Waals surface area contributed by atoms with Crippen molar-refractivity contribution in [2.45, 2.75) is 52.5 Å². The van der Waals surface area contributed by atoms with E-state index in [9.17, 15) is 4.79 Å². The van der Waals surface area contributed by atoms with Crippen molar-refractivity contribution >= 4 is 5.91 Å². The fraction of sp³-hybridized carbons (Fsp3) is 0.682. The molecule has 1 spiro atoms. The molecule has 0 aromatic heterocycles. The lowest BCUT2D eigenvalue weighted by atomic mass is 9.78. The lowest BCUT2D eigenvalue weighted by molar-refractivity contribution is -0.141. The Morgan fingerprint density at radius 2 is 1.85 bits per heavy atom. The second-order valence-electron chi connectivity index (χ2n) is 8.47. The first-order valence-corrected chi connectivity index (χ1v) is 10.3. The Bertz CT molecular complexity index is 590. The van der Waals surface area contributed by atoms with E-state index in [0.29, 0.717) is 12.5 Å². The number of likely N-dealkylation sites (tertiary alicyclic amines) is 2. The van der Waals surface area contributed by atoms with Crippen LogP contribution in [0.15, 0.2) is 30.3 Å². The summed E-state index contributed by atoms with van der Waals surface area (Å²) in [5.41, 5.74) is 7.33. The monoisotopic (exact) mass is 357 g/mol. The largest absolute Gasteiger partial charge is 0.342 e. The standard InChI is InChI=1S/C22H35N3O/c1-3-22(4-2,16-23)20(26)25-14-12-21(18-25)11-8-13-24(17-21)15-19-9-6-5-7-10-19/h5-7,9-10H,3-4,8,11-18,23H2,1-2H3. The fourth-order valence-electron chi connectivity index (χ4n) is 4.99. The zero-order chi connectivity index (χ0) is 18.6. The highest BCUT2D eigenvalue weighted by atomic mass is 16.2. The SMILES string of the molecule is CCC(CC)(CN)C(=O)N1CCC2(CCCN(Cc3ccccc3)C2)C1. The van der Waals surface area contributed by atoms with Crippen LogP contribution in [0.1, 0.15) is 51.5 Å². The highest BCUT2D eigenvalue weighted by molar-refractivity contribution is 5.83. The summed E-state index contributed by atoms with van der Waals surface area (Å²) in [5.74, 6) is 0.294. The summed E-state index contributed by atoms with van der Waals surface area (Å²) in [5, 5.41) is 0. The molecule has 1 amide bonds. The maximum absolute atomic E-state index is 13.2. The summed E-state index contributed by atoms with van der Waals surface area (Å²) >= 11 is 0. The number of rotatable bonds is 6. The minimum Gasteiger partial charge on any atom is -0.342 e. The second kappa shape index (κ2) is 8.10. The number of piperidine rings is 1. The second-order valence-corrected chi connectivity index (χ2v) is 8.47. The molecular weight excluding hydrogens is 322 g/mol. The molecule has 2 aliphatic rings. The Hall–Kier alpha value is -1.39. The van der Waals surface area contributed by atoms with E-state index in [0.717, 1.165) is 45.4 Å². The molecule has 2 fully saturated rings. The highest BCUT2D eigenvalue weighted by Gasteiger charge is 2.46. The predicted molar refractivity (Wildman–Crippen MR) is 107 cm³/mol. The van der Waals surface area contributed by atoms with Crippen LogP contribution in [0.3, 0.4) is 0 Å². The molecule has 0 saturated carbocycles. The average molecular weight is 358 g/mol. The highest BCUT2D eigenvalue weighted by Crippen LogP contribution is 2.41. The van der Waals surface area contributed by atoms with Crippen LogP contribution in [0.25, 0.3) is 0 Å². The first-order valence-electron chi connectivity index (χ1n) is 10.3. The third-order valence-electron chi connectivity index (χ3n) is 6.91. The first-order chi connectivity index (χ1) is 12.6. The van der Waals surface area contributed by atoms with Gasteiger partial charge in [-0.25, -0.2) is 0 Å². The molecule has 2 heterocycles. The van der Waals surface area contributed by atoms with E-state index < -0.39 is 0 Å². The van der Waals surface area contributed by atoms with E-state index in [1.54, 1.807) is 0 Å². The van der Waals surface area contributed by atoms with Crippen LogP contribution in [0.2, 0.25) is 0 Å². The van der Waals surface area contributed by atoms with Gasteiger partial charge in [-0.05, 0) is 44.2 Å². The van der Waals surface area contributed by atoms with E-state index in [-0.39, 0.29) is 10.8 Å². The Morgan fingerprint density at radius 1 is 1.12 bits per heavy atom. The van der Waals surface area contributed by atoms with Crippen LogP contribution in [0, 0.1) is 10.8 Å². The quantitative estimate of drug-likeness (QED) is 0.850. The van der Waals surface area contributed by atoms with Gasteiger partial charge in [0.25, 0.3) is 0 Å². The topological polar surface area (TPSA) is 49.6 Å². The van der Waals surface area contributed by atoms with E-state index in [1.165, 1.54) is 24.9 Å². The van der Waals surface area contributed by atoms with Crippen LogP contribution in [-0.2, 0) is 11.3 Å². The number of nitrogens with zero attached hydrogens (tertiary/aromatic N) is 2. The average Bonchev–Trinajstić information content (AvgIpc) is 3.07. The number of hydrogen-bond donors (Lipinski definition) is 1. The molecular formula is C22H35N3O. The molecule has 4 heteroatoms. The predicted octanol–water partition coefficient (Wildman–Crippen LogP) is 3.27. The molecule has 1 atom stereocenters. The summed E-state index contributed by atoms with van der Waals surface area (Å²) in [6.45, 7) is 9.78. The minimum absolute atomic E-state index is 0.282. The maximum atomic E-state index is 13.2. The van der Waals surface area contributed by atoms with Crippen LogP contribution >= 0.6 is 0 Å². The van der Waals surface area contributed by atoms with Gasteiger partial charge >= 0.3 is 0 Å². The number of nitrogens with two attached hydrogens (primary N) is 1. The van der Waals surface area contributed by atoms with E-state index in [4.69, 9.17) is 5.73 Å². The van der Waals surface area contributed by atoms with Gasteiger partial charge in [-0.2, -0.15) is 0 Å². The van der Waals surface area contributed by atoms with Crippen LogP contribution in [0.5, 0.6) is 0 Å². The smallest absolute Gasteiger partial charge is 0.230 e. The van der Waals surface area contributed by atoms with Crippen molar-refractivity contribution in [3.05, 3.63) is 35.9 Å². The Morgan fingerprint density at radius 3 is 2.50 bits per heavy atom. The minimum atomic E-state index is -0.357. The molecule has 1 aromatic carbocycles. The van der Waals surface area contributed by atoms with Gasteiger partial charge in [-0.15, -0.1) is 0 Å². The van der Waals surface area contributed by atoms with Crippen molar-refractivity contribution in [2.24, 2.45) is 16.6 Å². The van der Waals surface area contributed by atoms with E-state index in [2.05, 4.69) is 54.0 Å². The third kappa shape index (κ3) is 3.81. The lowest BCUT2D eigenvalue weighted by Crippen LogP contribution is -2.49. The van der Waals surface area contributed by atoms with Gasteiger partial charge in [0, 0.05) is 38.1 Å². The van der Waals surface area contributed by atoms with Crippen LogP contribution in [0.4, 0.5) is 0 Å². The van der Waals surface area contributed by atoms with Gasteiger partial charge in [0.05, 0.1) is 5.41 Å². The summed E-state index contributed by atoms with van der Waals surface area (Å²) < 4.78 is 0. The lowest BCUT2D eigenvalue weighted by Gasteiger charge is -2.41. The number of benzene rings is 1. The number of carbonyl (C=O) groups excluding carboxylic acids is 1. The molecule has 4 nitrogen and oxygen atoms in total. The van der Waals surface area contributed by atoms with Crippen molar-refractivity contribution in [3.8, 4) is 0 Å². The zero-order valence-electron chi connectivity index (χ0n) is 16.5. The van der Waals surface area contributed by atoms with E-state index >= 15 is 0 Å². The summed E-state index contributed by atoms with van der Waals surface area (Å²) in [4.78, 5) is 17.9. The molecule has 2 N–H and O–H groups in total. The number of amides is 1.